The van der Waals surface area contributed by atoms with Crippen molar-refractivity contribution in [3.8, 4) is 0 Å². The number of rotatable bonds is 3. The average Bonchev–Trinajstić information content (AvgIpc) is 3.05. The molecule has 2 nitrogen and oxygen atoms in total. The number of ether oxygens (including phenoxy) is 1. The number of fused-ring (bicyclic) bond motifs is 2. The lowest BCUT2D eigenvalue weighted by molar-refractivity contribution is -0.183. The van der Waals surface area contributed by atoms with E-state index in [0.29, 0.717) is 23.3 Å². The summed E-state index contributed by atoms with van der Waals surface area (Å²) in [5.74, 6) is 3.26. The minimum absolute atomic E-state index is 0.168. The molecule has 3 fully saturated rings. The molecule has 0 aromatic rings. The van der Waals surface area contributed by atoms with Gasteiger partial charge in [-0.15, -0.1) is 0 Å². The van der Waals surface area contributed by atoms with Crippen LogP contribution in [0.5, 0.6) is 0 Å². The van der Waals surface area contributed by atoms with Gasteiger partial charge in [-0.05, 0) is 62.7 Å². The third-order valence-corrected chi connectivity index (χ3v) is 6.59. The highest BCUT2D eigenvalue weighted by Gasteiger charge is 2.56. The van der Waals surface area contributed by atoms with E-state index in [9.17, 15) is 4.79 Å². The Kier molecular flexibility index (Phi) is 3.92. The zero-order valence-corrected chi connectivity index (χ0v) is 13.9. The third kappa shape index (κ3) is 2.55. The van der Waals surface area contributed by atoms with E-state index in [4.69, 9.17) is 4.74 Å². The molecule has 3 aliphatic carbocycles. The van der Waals surface area contributed by atoms with E-state index in [-0.39, 0.29) is 11.6 Å². The maximum atomic E-state index is 12.3. The zero-order valence-electron chi connectivity index (χ0n) is 13.9. The minimum atomic E-state index is -0.215. The van der Waals surface area contributed by atoms with Crippen molar-refractivity contribution in [3.05, 3.63) is 12.2 Å². The Hall–Kier alpha value is -0.790. The fourth-order valence-electron chi connectivity index (χ4n) is 5.46. The largest absolute Gasteiger partial charge is 0.455 e. The van der Waals surface area contributed by atoms with Gasteiger partial charge in [0.05, 0.1) is 0 Å². The minimum Gasteiger partial charge on any atom is -0.455 e. The van der Waals surface area contributed by atoms with Gasteiger partial charge >= 0.3 is 5.97 Å². The Morgan fingerprint density at radius 3 is 2.48 bits per heavy atom. The summed E-state index contributed by atoms with van der Waals surface area (Å²) < 4.78 is 6.22. The molecule has 21 heavy (non-hydrogen) atoms. The molecule has 2 bridgehead atoms. The van der Waals surface area contributed by atoms with E-state index in [1.807, 2.05) is 0 Å². The lowest BCUT2D eigenvalue weighted by Crippen LogP contribution is -2.53. The summed E-state index contributed by atoms with van der Waals surface area (Å²) in [5.41, 5.74) is 0.330. The summed E-state index contributed by atoms with van der Waals surface area (Å²) in [5, 5.41) is 0. The molecule has 0 radical (unpaired) electrons. The summed E-state index contributed by atoms with van der Waals surface area (Å²) in [6.45, 7) is 10.2. The highest BCUT2D eigenvalue weighted by atomic mass is 16.6. The third-order valence-electron chi connectivity index (χ3n) is 6.59. The number of esters is 1. The molecule has 0 aliphatic heterocycles. The molecule has 0 heterocycles. The van der Waals surface area contributed by atoms with Crippen LogP contribution in [0.2, 0.25) is 0 Å². The van der Waals surface area contributed by atoms with Crippen LogP contribution in [0.25, 0.3) is 0 Å². The van der Waals surface area contributed by atoms with Crippen molar-refractivity contribution in [3.63, 3.8) is 0 Å². The maximum absolute atomic E-state index is 12.3. The van der Waals surface area contributed by atoms with Crippen LogP contribution in [0.1, 0.15) is 65.7 Å². The summed E-state index contributed by atoms with van der Waals surface area (Å²) in [6, 6.07) is 0. The molecule has 0 spiro atoms. The Bertz CT molecular complexity index is 441. The SMILES string of the molecule is C=C(C)C(=O)OC1(C2CC3CCC2C3)CC(C)CCC1C. The second-order valence-corrected chi connectivity index (χ2v) is 8.19. The Morgan fingerprint density at radius 1 is 1.14 bits per heavy atom. The molecule has 3 aliphatic rings. The smallest absolute Gasteiger partial charge is 0.333 e. The maximum Gasteiger partial charge on any atom is 0.333 e. The summed E-state index contributed by atoms with van der Waals surface area (Å²) in [6.07, 6.45) is 8.93. The average molecular weight is 290 g/mol. The molecule has 3 rings (SSSR count). The first-order valence-corrected chi connectivity index (χ1v) is 8.81. The van der Waals surface area contributed by atoms with Gasteiger partial charge in [0.2, 0.25) is 0 Å². The van der Waals surface area contributed by atoms with Crippen LogP contribution < -0.4 is 0 Å². The molecule has 2 heteroatoms. The molecule has 118 valence electrons. The van der Waals surface area contributed by atoms with Crippen molar-refractivity contribution in [1.29, 1.82) is 0 Å². The molecule has 0 aromatic carbocycles. The number of carbonyl (C=O) groups excluding carboxylic acids is 1. The zero-order chi connectivity index (χ0) is 15.2. The van der Waals surface area contributed by atoms with Crippen LogP contribution in [0.4, 0.5) is 0 Å². The molecular weight excluding hydrogens is 260 g/mol. The van der Waals surface area contributed by atoms with Crippen molar-refractivity contribution in [2.45, 2.75) is 71.3 Å². The molecule has 0 N–H and O–H groups in total. The molecule has 6 atom stereocenters. The van der Waals surface area contributed by atoms with Gasteiger partial charge in [0.1, 0.15) is 5.60 Å². The van der Waals surface area contributed by atoms with Gasteiger partial charge in [0.25, 0.3) is 0 Å². The lowest BCUT2D eigenvalue weighted by atomic mass is 9.62. The first kappa shape index (κ1) is 15.1. The van der Waals surface area contributed by atoms with Gasteiger partial charge in [-0.25, -0.2) is 4.79 Å². The van der Waals surface area contributed by atoms with Gasteiger partial charge in [0.15, 0.2) is 0 Å². The van der Waals surface area contributed by atoms with E-state index in [1.165, 1.54) is 38.5 Å². The van der Waals surface area contributed by atoms with Crippen molar-refractivity contribution < 1.29 is 9.53 Å². The van der Waals surface area contributed by atoms with E-state index in [2.05, 4.69) is 20.4 Å². The van der Waals surface area contributed by atoms with Crippen LogP contribution in [0.15, 0.2) is 12.2 Å². The molecule has 6 unspecified atom stereocenters. The van der Waals surface area contributed by atoms with Gasteiger partial charge in [-0.3, -0.25) is 0 Å². The second-order valence-electron chi connectivity index (χ2n) is 8.19. The predicted octanol–water partition coefficient (Wildman–Crippen LogP) is 4.74. The molecule has 0 aromatic heterocycles. The van der Waals surface area contributed by atoms with Crippen LogP contribution >= 0.6 is 0 Å². The Balaban J connectivity index is 1.90. The lowest BCUT2D eigenvalue weighted by Gasteiger charge is -2.50. The predicted molar refractivity (Wildman–Crippen MR) is 84.8 cm³/mol. The van der Waals surface area contributed by atoms with Crippen LogP contribution in [0, 0.1) is 29.6 Å². The number of hydrogen-bond donors (Lipinski definition) is 0. The van der Waals surface area contributed by atoms with Crippen molar-refractivity contribution >= 4 is 5.97 Å². The van der Waals surface area contributed by atoms with Gasteiger partial charge < -0.3 is 4.74 Å². The highest BCUT2D eigenvalue weighted by Crippen LogP contribution is 2.58. The fraction of sp³-hybridized carbons (Fsp3) is 0.842. The molecular formula is C19H30O2. The molecule has 3 saturated carbocycles. The summed E-state index contributed by atoms with van der Waals surface area (Å²) in [7, 11) is 0. The topological polar surface area (TPSA) is 26.3 Å². The van der Waals surface area contributed by atoms with Crippen LogP contribution in [0.3, 0.4) is 0 Å². The molecule has 0 saturated heterocycles. The number of hydrogen-bond acceptors (Lipinski definition) is 2. The second kappa shape index (κ2) is 5.44. The normalized spacial score (nSPS) is 45.6. The first-order valence-electron chi connectivity index (χ1n) is 8.81. The summed E-state index contributed by atoms with van der Waals surface area (Å²) >= 11 is 0. The Labute approximate surface area is 129 Å². The molecule has 0 amide bonds. The standard InChI is InChI=1S/C19H30O2/c1-12(2)18(20)21-19(11-13(3)5-6-14(19)4)17-10-15-7-8-16(17)9-15/h13-17H,1,5-11H2,2-4H3. The van der Waals surface area contributed by atoms with Gasteiger partial charge in [-0.1, -0.05) is 33.3 Å². The fourth-order valence-corrected chi connectivity index (χ4v) is 5.46. The van der Waals surface area contributed by atoms with E-state index in [0.717, 1.165) is 18.3 Å². The van der Waals surface area contributed by atoms with Crippen molar-refractivity contribution in [2.24, 2.45) is 29.6 Å². The van der Waals surface area contributed by atoms with E-state index in [1.54, 1.807) is 6.92 Å². The van der Waals surface area contributed by atoms with Gasteiger partial charge in [0, 0.05) is 11.5 Å². The van der Waals surface area contributed by atoms with E-state index >= 15 is 0 Å². The van der Waals surface area contributed by atoms with Crippen molar-refractivity contribution in [1.82, 2.24) is 0 Å². The Morgan fingerprint density at radius 2 is 1.90 bits per heavy atom. The highest BCUT2D eigenvalue weighted by molar-refractivity contribution is 5.87. The first-order chi connectivity index (χ1) is 9.92. The van der Waals surface area contributed by atoms with Gasteiger partial charge in [-0.2, -0.15) is 0 Å². The van der Waals surface area contributed by atoms with E-state index < -0.39 is 0 Å². The van der Waals surface area contributed by atoms with Crippen molar-refractivity contribution in [2.75, 3.05) is 0 Å². The number of carbonyl (C=O) groups is 1. The monoisotopic (exact) mass is 290 g/mol. The van der Waals surface area contributed by atoms with Crippen LogP contribution in [-0.4, -0.2) is 11.6 Å². The quantitative estimate of drug-likeness (QED) is 0.554. The van der Waals surface area contributed by atoms with Crippen LogP contribution in [-0.2, 0) is 9.53 Å². The summed E-state index contributed by atoms with van der Waals surface area (Å²) in [4.78, 5) is 12.3.